The monoisotopic (exact) mass is 1550 g/mol. The number of hydrogen-bond acceptors (Lipinski definition) is 12. The van der Waals surface area contributed by atoms with Gasteiger partial charge in [-0.15, -0.1) is 11.3 Å². The quantitative estimate of drug-likeness (QED) is 0.129. The molecule has 0 radical (unpaired) electrons. The van der Waals surface area contributed by atoms with Gasteiger partial charge in [0.05, 0.1) is 0 Å². The molecule has 0 unspecified atom stereocenters. The zero-order valence-corrected chi connectivity index (χ0v) is 64.4. The smallest absolute Gasteiger partial charge is 0.165 e. The van der Waals surface area contributed by atoms with E-state index in [4.69, 9.17) is 52.0 Å². The second kappa shape index (κ2) is 25.7. The van der Waals surface area contributed by atoms with Crippen LogP contribution < -0.4 is 0 Å². The van der Waals surface area contributed by atoms with E-state index in [1.165, 1.54) is 4.70 Å². The summed E-state index contributed by atoms with van der Waals surface area (Å²) in [6.45, 7) is 0. The average Bonchev–Trinajstić information content (AvgIpc) is 1.53. The summed E-state index contributed by atoms with van der Waals surface area (Å²) in [6.07, 6.45) is 0. The van der Waals surface area contributed by atoms with E-state index in [9.17, 15) is 0 Å². The van der Waals surface area contributed by atoms with E-state index < -0.39 is 0 Å². The van der Waals surface area contributed by atoms with Crippen LogP contribution in [-0.4, -0.2) is 29.9 Å². The zero-order valence-electron chi connectivity index (χ0n) is 63.6. The van der Waals surface area contributed by atoms with Gasteiger partial charge in [0.25, 0.3) is 0 Å². The van der Waals surface area contributed by atoms with Gasteiger partial charge in [0.15, 0.2) is 34.9 Å². The van der Waals surface area contributed by atoms with Crippen molar-refractivity contribution in [3.05, 3.63) is 352 Å². The summed E-state index contributed by atoms with van der Waals surface area (Å²) in [4.78, 5) is 32.9. The molecular formula is C108H58N6O5S. The van der Waals surface area contributed by atoms with Crippen molar-refractivity contribution in [1.82, 2.24) is 29.9 Å². The van der Waals surface area contributed by atoms with E-state index in [2.05, 4.69) is 261 Å². The Balaban J connectivity index is 0.642. The Hall–Kier alpha value is -16.0. The number of thiophene rings is 1. The number of hydrogen-bond donors (Lipinski definition) is 0. The van der Waals surface area contributed by atoms with Gasteiger partial charge >= 0.3 is 0 Å². The van der Waals surface area contributed by atoms with Crippen LogP contribution in [0, 0.1) is 0 Å². The highest BCUT2D eigenvalue weighted by Crippen LogP contribution is 2.53. The van der Waals surface area contributed by atoms with Gasteiger partial charge in [0.1, 0.15) is 55.8 Å². The molecule has 18 aromatic carbocycles. The van der Waals surface area contributed by atoms with Crippen molar-refractivity contribution in [1.29, 1.82) is 0 Å². The standard InChI is InChI=1S/C108H58N6O5S/c1-2-19-59(20-3-1)61-41-44-63(45-42-61)103-110-106(79-32-16-37-87-94(79)75-27-9-12-35-84(75)116-87)114-108(113-103)100-74(52-54-90-98(100)76-28-10-13-36-85(76)117-90)72-31-18-40-92-95(72)78-51-47-62-24-14-29-69(93(62)102(78)120-92)66-48-50-77-91(58-66)119-101-70-25-7-6-23-65(70)56-82(96(77)101)73-30-15-38-88-97(73)99-80(33-17-39-89(99)118-88)107-111-104(67-46-43-60-21-4-5-22-64(60)55-67)109-105(112-107)68-49-53-86-81(57-68)71-26-8-11-34-83(71)115-86/h1-58H. The van der Waals surface area contributed by atoms with Gasteiger partial charge in [-0.1, -0.05) is 255 Å². The van der Waals surface area contributed by atoms with E-state index in [1.807, 2.05) is 102 Å². The Kier molecular flexibility index (Phi) is 14.2. The van der Waals surface area contributed by atoms with Crippen LogP contribution in [0.25, 0.3) is 275 Å². The average molecular weight is 1550 g/mol. The van der Waals surface area contributed by atoms with Gasteiger partial charge in [-0.3, -0.25) is 0 Å². The largest absolute Gasteiger partial charge is 0.456 e. The maximum absolute atomic E-state index is 7.40. The molecule has 26 rings (SSSR count). The predicted molar refractivity (Wildman–Crippen MR) is 489 cm³/mol. The van der Waals surface area contributed by atoms with Gasteiger partial charge in [0.2, 0.25) is 0 Å². The lowest BCUT2D eigenvalue weighted by Gasteiger charge is -2.15. The van der Waals surface area contributed by atoms with Crippen LogP contribution in [0.4, 0.5) is 0 Å². The topological polar surface area (TPSA) is 143 Å². The van der Waals surface area contributed by atoms with Crippen LogP contribution >= 0.6 is 11.3 Å². The Morgan fingerprint density at radius 1 is 0.183 bits per heavy atom. The van der Waals surface area contributed by atoms with Crippen molar-refractivity contribution in [3.8, 4) is 113 Å². The van der Waals surface area contributed by atoms with Crippen molar-refractivity contribution in [2.75, 3.05) is 0 Å². The first-order valence-corrected chi connectivity index (χ1v) is 40.9. The molecule has 0 aliphatic carbocycles. The number of furan rings is 5. The first kappa shape index (κ1) is 66.3. The van der Waals surface area contributed by atoms with Crippen molar-refractivity contribution >= 4 is 174 Å². The molecule has 0 amide bonds. The van der Waals surface area contributed by atoms with Crippen LogP contribution in [-0.2, 0) is 0 Å². The van der Waals surface area contributed by atoms with Gasteiger partial charge < -0.3 is 22.1 Å². The fourth-order valence-electron chi connectivity index (χ4n) is 18.7. The molecular weight excluding hydrogens is 1490 g/mol. The highest BCUT2D eigenvalue weighted by molar-refractivity contribution is 7.26. The summed E-state index contributed by atoms with van der Waals surface area (Å²) in [7, 11) is 0. The van der Waals surface area contributed by atoms with Gasteiger partial charge in [-0.05, 0) is 163 Å². The summed E-state index contributed by atoms with van der Waals surface area (Å²) < 4.78 is 36.4. The van der Waals surface area contributed by atoms with E-state index in [1.54, 1.807) is 0 Å². The SMILES string of the molecule is c1ccc(-c2ccc(-c3nc(-c4cccc5oc6ccccc6c45)nc(-c4c(-c5cccc6sc7c(ccc8cccc(-c9ccc%10c(c9)oc9c%11ccccc%11cc(-c%11cccc%12oc%13cccc(-c%14nc(-c%15ccc%16ccccc%16c%15)nc(-c%15ccc%16oc%17ccccc%17c%16c%15)n%14)c%13c%11%12)c%109)c87)c56)ccc5oc6ccccc6c45)n3)cc2)cc1. The number of nitrogens with zero attached hydrogens (tertiary/aromatic N) is 6. The predicted octanol–water partition coefficient (Wildman–Crippen LogP) is 30.1. The van der Waals surface area contributed by atoms with Crippen LogP contribution in [0.1, 0.15) is 0 Å². The molecule has 0 fully saturated rings. The third kappa shape index (κ3) is 10.2. The minimum atomic E-state index is 0.512. The lowest BCUT2D eigenvalue weighted by atomic mass is 9.90. The van der Waals surface area contributed by atoms with E-state index in [0.717, 1.165) is 230 Å². The van der Waals surface area contributed by atoms with Crippen molar-refractivity contribution < 1.29 is 22.1 Å². The number of fused-ring (bicyclic) bond motifs is 23. The molecule has 12 heteroatoms. The third-order valence-electron chi connectivity index (χ3n) is 24.2. The molecule has 0 saturated carbocycles. The fraction of sp³-hybridized carbons (Fsp3) is 0. The van der Waals surface area contributed by atoms with Crippen molar-refractivity contribution in [2.45, 2.75) is 0 Å². The number of rotatable bonds is 10. The minimum Gasteiger partial charge on any atom is -0.456 e. The maximum atomic E-state index is 7.40. The fourth-order valence-corrected chi connectivity index (χ4v) is 20.0. The van der Waals surface area contributed by atoms with Gasteiger partial charge in [0, 0.05) is 118 Å². The Morgan fingerprint density at radius 2 is 0.650 bits per heavy atom. The molecule has 0 aliphatic rings. The molecule has 8 heterocycles. The van der Waals surface area contributed by atoms with E-state index in [-0.39, 0.29) is 0 Å². The second-order valence-corrected chi connectivity index (χ2v) is 32.0. The first-order chi connectivity index (χ1) is 59.4. The lowest BCUT2D eigenvalue weighted by Crippen LogP contribution is -2.02. The van der Waals surface area contributed by atoms with Crippen molar-refractivity contribution in [2.24, 2.45) is 0 Å². The van der Waals surface area contributed by atoms with Crippen LogP contribution in [0.2, 0.25) is 0 Å². The van der Waals surface area contributed by atoms with Crippen molar-refractivity contribution in [3.63, 3.8) is 0 Å². The molecule has 0 saturated heterocycles. The molecule has 0 atom stereocenters. The molecule has 556 valence electrons. The normalized spacial score (nSPS) is 12.2. The molecule has 0 spiro atoms. The van der Waals surface area contributed by atoms with E-state index >= 15 is 0 Å². The molecule has 11 nitrogen and oxygen atoms in total. The summed E-state index contributed by atoms with van der Waals surface area (Å²) >= 11 is 1.82. The van der Waals surface area contributed by atoms with Crippen LogP contribution in [0.15, 0.2) is 374 Å². The Labute approximate surface area is 685 Å². The summed E-state index contributed by atoms with van der Waals surface area (Å²) in [5, 5.41) is 18.4. The molecule has 0 N–H and O–H groups in total. The Bertz CT molecular complexity index is 8900. The van der Waals surface area contributed by atoms with Gasteiger partial charge in [-0.25, -0.2) is 29.9 Å². The maximum Gasteiger partial charge on any atom is 0.165 e. The molecule has 8 aromatic heterocycles. The van der Waals surface area contributed by atoms with Crippen LogP contribution in [0.5, 0.6) is 0 Å². The van der Waals surface area contributed by atoms with E-state index in [0.29, 0.717) is 40.5 Å². The summed E-state index contributed by atoms with van der Waals surface area (Å²) in [5.74, 6) is 3.17. The molecule has 26 aromatic rings. The van der Waals surface area contributed by atoms with Gasteiger partial charge in [-0.2, -0.15) is 0 Å². The Morgan fingerprint density at radius 3 is 1.43 bits per heavy atom. The molecule has 0 aliphatic heterocycles. The zero-order chi connectivity index (χ0) is 78.4. The van der Waals surface area contributed by atoms with Crippen LogP contribution in [0.3, 0.4) is 0 Å². The summed E-state index contributed by atoms with van der Waals surface area (Å²) in [6, 6.07) is 123. The summed E-state index contributed by atoms with van der Waals surface area (Å²) in [5.41, 5.74) is 21.0. The number of aromatic nitrogens is 6. The number of benzene rings is 18. The number of para-hydroxylation sites is 3. The first-order valence-electron chi connectivity index (χ1n) is 40.1. The minimum absolute atomic E-state index is 0.512. The highest BCUT2D eigenvalue weighted by atomic mass is 32.1. The molecule has 120 heavy (non-hydrogen) atoms. The lowest BCUT2D eigenvalue weighted by molar-refractivity contribution is 0.668. The second-order valence-electron chi connectivity index (χ2n) is 30.9. The third-order valence-corrected chi connectivity index (χ3v) is 25.4. The highest BCUT2D eigenvalue weighted by Gasteiger charge is 2.29. The molecule has 0 bridgehead atoms.